The molecule has 3 aromatic rings. The Morgan fingerprint density at radius 2 is 1.41 bits per heavy atom. The molecule has 0 aliphatic rings. The van der Waals surface area contributed by atoms with Crippen molar-refractivity contribution in [3.63, 3.8) is 0 Å². The van der Waals surface area contributed by atoms with Crippen LogP contribution in [-0.2, 0) is 0 Å². The van der Waals surface area contributed by atoms with Crippen LogP contribution >= 0.6 is 12.2 Å². The molecule has 0 unspecified atom stereocenters. The number of para-hydroxylation sites is 1. The number of thiocarbonyl (C=S) groups is 1. The average Bonchev–Trinajstić information content (AvgIpc) is 2.83. The Morgan fingerprint density at radius 1 is 0.794 bits per heavy atom. The summed E-state index contributed by atoms with van der Waals surface area (Å²) in [5, 5.41) is 5.91. The highest BCUT2D eigenvalue weighted by molar-refractivity contribution is 7.80. The summed E-state index contributed by atoms with van der Waals surface area (Å²) in [5.74, 6) is 2.50. The molecule has 0 heterocycles. The maximum atomic E-state index is 12.5. The zero-order chi connectivity index (χ0) is 24.2. The number of rotatable bonds is 11. The number of ether oxygens (including phenoxy) is 3. The van der Waals surface area contributed by atoms with Crippen molar-refractivity contribution in [1.29, 1.82) is 0 Å². The molecule has 0 bridgehead atoms. The minimum atomic E-state index is -0.295. The molecule has 3 rings (SSSR count). The second-order valence-electron chi connectivity index (χ2n) is 8.00. The first-order chi connectivity index (χ1) is 16.5. The molecule has 0 radical (unpaired) electrons. The van der Waals surface area contributed by atoms with Crippen LogP contribution in [0.25, 0.3) is 0 Å². The molecule has 2 N–H and O–H groups in total. The van der Waals surface area contributed by atoms with Crippen LogP contribution in [0.4, 0.5) is 5.69 Å². The van der Waals surface area contributed by atoms with E-state index in [2.05, 4.69) is 24.5 Å². The van der Waals surface area contributed by atoms with Crippen LogP contribution in [0, 0.1) is 5.92 Å². The van der Waals surface area contributed by atoms with Gasteiger partial charge in [-0.05, 0) is 73.1 Å². The van der Waals surface area contributed by atoms with E-state index in [1.54, 1.807) is 24.3 Å². The van der Waals surface area contributed by atoms with Crippen molar-refractivity contribution in [2.75, 3.05) is 25.1 Å². The Morgan fingerprint density at radius 3 is 2.12 bits per heavy atom. The Balaban J connectivity index is 1.42. The summed E-state index contributed by atoms with van der Waals surface area (Å²) in [7, 11) is 0. The second kappa shape index (κ2) is 13.2. The van der Waals surface area contributed by atoms with E-state index in [0.29, 0.717) is 42.7 Å². The number of hydrogen-bond donors (Lipinski definition) is 2. The predicted octanol–water partition coefficient (Wildman–Crippen LogP) is 5.70. The molecule has 0 spiro atoms. The number of carbonyl (C=O) groups excluding carboxylic acids is 1. The number of anilines is 1. The molecule has 0 saturated carbocycles. The van der Waals surface area contributed by atoms with Crippen LogP contribution in [-0.4, -0.2) is 30.8 Å². The van der Waals surface area contributed by atoms with Gasteiger partial charge in [-0.2, -0.15) is 0 Å². The van der Waals surface area contributed by atoms with Gasteiger partial charge in [-0.3, -0.25) is 10.1 Å². The molecule has 0 atom stereocenters. The predicted molar refractivity (Wildman–Crippen MR) is 139 cm³/mol. The molecule has 6 nitrogen and oxygen atoms in total. The molecule has 3 aromatic carbocycles. The highest BCUT2D eigenvalue weighted by Crippen LogP contribution is 2.18. The van der Waals surface area contributed by atoms with Crippen molar-refractivity contribution in [2.24, 2.45) is 5.92 Å². The summed E-state index contributed by atoms with van der Waals surface area (Å²) < 4.78 is 17.1. The number of benzene rings is 3. The van der Waals surface area contributed by atoms with Gasteiger partial charge in [0.05, 0.1) is 6.61 Å². The van der Waals surface area contributed by atoms with Gasteiger partial charge in [-0.15, -0.1) is 0 Å². The first-order valence-corrected chi connectivity index (χ1v) is 11.7. The van der Waals surface area contributed by atoms with Gasteiger partial charge >= 0.3 is 0 Å². The van der Waals surface area contributed by atoms with Crippen molar-refractivity contribution in [2.45, 2.75) is 20.3 Å². The van der Waals surface area contributed by atoms with Gasteiger partial charge in [0.15, 0.2) is 5.11 Å². The summed E-state index contributed by atoms with van der Waals surface area (Å²) in [6.07, 6.45) is 0.982. The maximum absolute atomic E-state index is 12.5. The molecule has 0 aromatic heterocycles. The van der Waals surface area contributed by atoms with E-state index in [9.17, 15) is 4.79 Å². The Hall–Kier alpha value is -3.58. The van der Waals surface area contributed by atoms with Gasteiger partial charge in [0.2, 0.25) is 0 Å². The maximum Gasteiger partial charge on any atom is 0.257 e. The SMILES string of the molecule is CC(C)CCOc1ccc(C(=O)NC(=S)Nc2cccc(OCCOc3ccccc3)c2)cc1. The fraction of sp³-hybridized carbons (Fsp3) is 0.259. The van der Waals surface area contributed by atoms with Gasteiger partial charge in [0.1, 0.15) is 30.5 Å². The van der Waals surface area contributed by atoms with Gasteiger partial charge < -0.3 is 19.5 Å². The molecule has 0 aliphatic carbocycles. The van der Waals surface area contributed by atoms with E-state index in [1.165, 1.54) is 0 Å². The fourth-order valence-electron chi connectivity index (χ4n) is 2.95. The van der Waals surface area contributed by atoms with Crippen LogP contribution in [0.15, 0.2) is 78.9 Å². The van der Waals surface area contributed by atoms with E-state index < -0.39 is 0 Å². The summed E-state index contributed by atoms with van der Waals surface area (Å²) in [6, 6.07) is 23.9. The third kappa shape index (κ3) is 8.75. The quantitative estimate of drug-likeness (QED) is 0.272. The molecular weight excluding hydrogens is 448 g/mol. The third-order valence-corrected chi connectivity index (χ3v) is 4.97. The average molecular weight is 479 g/mol. The van der Waals surface area contributed by atoms with Gasteiger partial charge in [-0.1, -0.05) is 38.1 Å². The van der Waals surface area contributed by atoms with E-state index in [4.69, 9.17) is 26.4 Å². The Kier molecular flexibility index (Phi) is 9.73. The molecule has 0 saturated heterocycles. The molecule has 34 heavy (non-hydrogen) atoms. The standard InChI is InChI=1S/C27H30N2O4S/c1-20(2)15-16-31-24-13-11-21(12-14-24)26(30)29-27(34)28-22-7-6-10-25(19-22)33-18-17-32-23-8-4-3-5-9-23/h3-14,19-20H,15-18H2,1-2H3,(H2,28,29,30,34). The lowest BCUT2D eigenvalue weighted by Crippen LogP contribution is -2.34. The van der Waals surface area contributed by atoms with E-state index in [0.717, 1.165) is 17.9 Å². The number of carbonyl (C=O) groups is 1. The minimum Gasteiger partial charge on any atom is -0.494 e. The summed E-state index contributed by atoms with van der Waals surface area (Å²) in [5.41, 5.74) is 1.21. The lowest BCUT2D eigenvalue weighted by molar-refractivity contribution is 0.0977. The largest absolute Gasteiger partial charge is 0.494 e. The van der Waals surface area contributed by atoms with Crippen LogP contribution in [0.2, 0.25) is 0 Å². The smallest absolute Gasteiger partial charge is 0.257 e. The molecule has 1 amide bonds. The van der Waals surface area contributed by atoms with Crippen molar-refractivity contribution in [3.8, 4) is 17.2 Å². The molecule has 7 heteroatoms. The Labute approximate surface area is 206 Å². The lowest BCUT2D eigenvalue weighted by Gasteiger charge is -2.12. The highest BCUT2D eigenvalue weighted by Gasteiger charge is 2.09. The lowest BCUT2D eigenvalue weighted by atomic mass is 10.1. The topological polar surface area (TPSA) is 68.8 Å². The summed E-state index contributed by atoms with van der Waals surface area (Å²) in [4.78, 5) is 12.5. The van der Waals surface area contributed by atoms with Crippen molar-refractivity contribution < 1.29 is 19.0 Å². The number of nitrogens with one attached hydrogen (secondary N) is 2. The molecule has 0 fully saturated rings. The fourth-order valence-corrected chi connectivity index (χ4v) is 3.16. The zero-order valence-electron chi connectivity index (χ0n) is 19.5. The molecular formula is C27H30N2O4S. The van der Waals surface area contributed by atoms with Crippen molar-refractivity contribution in [1.82, 2.24) is 5.32 Å². The number of amides is 1. The number of hydrogen-bond acceptors (Lipinski definition) is 5. The van der Waals surface area contributed by atoms with Gasteiger partial charge in [-0.25, -0.2) is 0 Å². The highest BCUT2D eigenvalue weighted by atomic mass is 32.1. The first-order valence-electron chi connectivity index (χ1n) is 11.3. The monoisotopic (exact) mass is 478 g/mol. The molecule has 0 aliphatic heterocycles. The van der Waals surface area contributed by atoms with Crippen LogP contribution in [0.1, 0.15) is 30.6 Å². The first kappa shape index (κ1) is 25.1. The van der Waals surface area contributed by atoms with Crippen LogP contribution < -0.4 is 24.8 Å². The third-order valence-electron chi connectivity index (χ3n) is 4.76. The molecule has 178 valence electrons. The van der Waals surface area contributed by atoms with Crippen LogP contribution in [0.3, 0.4) is 0 Å². The summed E-state index contributed by atoms with van der Waals surface area (Å²) >= 11 is 5.29. The van der Waals surface area contributed by atoms with E-state index in [1.807, 2.05) is 54.6 Å². The van der Waals surface area contributed by atoms with Gasteiger partial charge in [0, 0.05) is 17.3 Å². The Bertz CT molecular complexity index is 1060. The summed E-state index contributed by atoms with van der Waals surface area (Å²) in [6.45, 7) is 5.78. The normalized spacial score (nSPS) is 10.4. The van der Waals surface area contributed by atoms with Crippen LogP contribution in [0.5, 0.6) is 17.2 Å². The van der Waals surface area contributed by atoms with E-state index in [-0.39, 0.29) is 11.0 Å². The minimum absolute atomic E-state index is 0.201. The van der Waals surface area contributed by atoms with Gasteiger partial charge in [0.25, 0.3) is 5.91 Å². The zero-order valence-corrected chi connectivity index (χ0v) is 20.3. The van der Waals surface area contributed by atoms with E-state index >= 15 is 0 Å². The second-order valence-corrected chi connectivity index (χ2v) is 8.41. The van der Waals surface area contributed by atoms with Crippen molar-refractivity contribution >= 4 is 28.9 Å². The van der Waals surface area contributed by atoms with Crippen molar-refractivity contribution in [3.05, 3.63) is 84.4 Å².